The van der Waals surface area contributed by atoms with Gasteiger partial charge in [-0.1, -0.05) is 0 Å². The molecule has 8 heteroatoms. The maximum absolute atomic E-state index is 13.9. The van der Waals surface area contributed by atoms with Gasteiger partial charge in [0.2, 0.25) is 0 Å². The molecule has 100 valence electrons. The Hall–Kier alpha value is -2.09. The molecule has 2 N–H and O–H groups in total. The van der Waals surface area contributed by atoms with E-state index in [9.17, 15) is 4.39 Å². The summed E-state index contributed by atoms with van der Waals surface area (Å²) in [6.45, 7) is 1.73. The van der Waals surface area contributed by atoms with Crippen LogP contribution < -0.4 is 10.1 Å². The maximum atomic E-state index is 13.9. The molecule has 0 saturated heterocycles. The van der Waals surface area contributed by atoms with Gasteiger partial charge in [0.05, 0.1) is 12.8 Å². The minimum Gasteiger partial charge on any atom is -0.494 e. The molecule has 0 radical (unpaired) electrons. The lowest BCUT2D eigenvalue weighted by atomic mass is 10.2. The minimum atomic E-state index is -0.539. The summed E-state index contributed by atoms with van der Waals surface area (Å²) in [5.74, 6) is 0.438. The van der Waals surface area contributed by atoms with Crippen molar-refractivity contribution in [2.24, 2.45) is 0 Å². The Bertz CT molecular complexity index is 628. The lowest BCUT2D eigenvalue weighted by Gasteiger charge is -2.12. The summed E-state index contributed by atoms with van der Waals surface area (Å²) in [6, 6.07) is 2.69. The molecule has 0 aliphatic carbocycles. The van der Waals surface area contributed by atoms with Gasteiger partial charge in [0.15, 0.2) is 5.17 Å². The van der Waals surface area contributed by atoms with Gasteiger partial charge in [-0.05, 0) is 6.92 Å². The number of nitrogens with zero attached hydrogens (tertiary/aromatic N) is 3. The largest absolute Gasteiger partial charge is 0.494 e. The maximum Gasteiger partial charge on any atom is 0.155 e. The number of nitrogens with one attached hydrogen (secondary N) is 2. The number of amidine groups is 1. The first-order valence-corrected chi connectivity index (χ1v) is 5.76. The lowest BCUT2D eigenvalue weighted by molar-refractivity contribution is 0.411. The highest BCUT2D eigenvalue weighted by molar-refractivity contribution is 7.97. The van der Waals surface area contributed by atoms with Crippen LogP contribution in [0.25, 0.3) is 5.69 Å². The van der Waals surface area contributed by atoms with Crippen molar-refractivity contribution >= 4 is 23.5 Å². The normalized spacial score (nSPS) is 10.3. The van der Waals surface area contributed by atoms with Gasteiger partial charge in [0.1, 0.15) is 29.4 Å². The molecule has 1 aromatic carbocycles. The summed E-state index contributed by atoms with van der Waals surface area (Å²) in [4.78, 5) is 3.98. The van der Waals surface area contributed by atoms with Crippen LogP contribution in [0.3, 0.4) is 0 Å². The fourth-order valence-corrected chi connectivity index (χ4v) is 1.69. The molecule has 1 aromatic heterocycles. The summed E-state index contributed by atoms with van der Waals surface area (Å²) >= 11 is 3.76. The molecule has 0 spiro atoms. The third kappa shape index (κ3) is 2.84. The number of halogens is 1. The van der Waals surface area contributed by atoms with E-state index >= 15 is 0 Å². The van der Waals surface area contributed by atoms with Gasteiger partial charge in [-0.3, -0.25) is 5.41 Å². The highest BCUT2D eigenvalue weighted by Crippen LogP contribution is 2.29. The van der Waals surface area contributed by atoms with E-state index in [1.807, 2.05) is 0 Å². The predicted octanol–water partition coefficient (Wildman–Crippen LogP) is 2.00. The number of hydrogen-bond acceptors (Lipinski definition) is 4. The molecule has 19 heavy (non-hydrogen) atoms. The summed E-state index contributed by atoms with van der Waals surface area (Å²) in [5.41, 5.74) is 0.536. The smallest absolute Gasteiger partial charge is 0.155 e. The van der Waals surface area contributed by atoms with Crippen molar-refractivity contribution in [3.8, 4) is 11.4 Å². The van der Waals surface area contributed by atoms with Crippen LogP contribution in [-0.4, -0.2) is 27.0 Å². The first-order chi connectivity index (χ1) is 9.01. The number of benzene rings is 1. The minimum absolute atomic E-state index is 0.109. The third-order valence-electron chi connectivity index (χ3n) is 2.37. The molecule has 1 heterocycles. The van der Waals surface area contributed by atoms with Gasteiger partial charge in [0, 0.05) is 12.1 Å². The summed E-state index contributed by atoms with van der Waals surface area (Å²) < 4.78 is 20.5. The van der Waals surface area contributed by atoms with Gasteiger partial charge >= 0.3 is 0 Å². The van der Waals surface area contributed by atoms with Gasteiger partial charge in [-0.2, -0.15) is 5.10 Å². The van der Waals surface area contributed by atoms with E-state index in [0.29, 0.717) is 17.3 Å². The van der Waals surface area contributed by atoms with Crippen LogP contribution in [0.4, 0.5) is 10.1 Å². The van der Waals surface area contributed by atoms with E-state index in [1.165, 1.54) is 30.3 Å². The Balaban J connectivity index is 2.50. The lowest BCUT2D eigenvalue weighted by Crippen LogP contribution is -2.07. The number of ether oxygens (including phenoxy) is 1. The molecule has 6 nitrogen and oxygen atoms in total. The Morgan fingerprint density at radius 1 is 1.53 bits per heavy atom. The fourth-order valence-electron chi connectivity index (χ4n) is 1.57. The highest BCUT2D eigenvalue weighted by Gasteiger charge is 2.13. The first kappa shape index (κ1) is 13.3. The van der Waals surface area contributed by atoms with Crippen molar-refractivity contribution in [1.29, 1.82) is 5.41 Å². The molecule has 0 atom stereocenters. The summed E-state index contributed by atoms with van der Waals surface area (Å²) in [5, 5.41) is 13.6. The van der Waals surface area contributed by atoms with Crippen molar-refractivity contribution < 1.29 is 9.13 Å². The quantitative estimate of drug-likeness (QED) is 0.457. The highest BCUT2D eigenvalue weighted by atomic mass is 32.1. The fraction of sp³-hybridized carbons (Fsp3) is 0.182. The number of aromatic nitrogens is 3. The van der Waals surface area contributed by atoms with Gasteiger partial charge in [-0.15, -0.1) is 12.6 Å². The summed E-state index contributed by atoms with van der Waals surface area (Å²) in [7, 11) is 1.47. The molecule has 0 saturated carbocycles. The van der Waals surface area contributed by atoms with Gasteiger partial charge in [-0.25, -0.2) is 14.1 Å². The van der Waals surface area contributed by atoms with E-state index in [0.717, 1.165) is 0 Å². The number of aryl methyl sites for hydroxylation is 1. The Kier molecular flexibility index (Phi) is 3.70. The van der Waals surface area contributed by atoms with Gasteiger partial charge < -0.3 is 10.1 Å². The van der Waals surface area contributed by atoms with Crippen LogP contribution in [0, 0.1) is 18.2 Å². The van der Waals surface area contributed by atoms with Crippen LogP contribution in [-0.2, 0) is 0 Å². The second kappa shape index (κ2) is 5.27. The molecular weight excluding hydrogens is 269 g/mol. The SMILES string of the molecule is COc1cc(NC(=N)S)c(F)cc1-n1cnc(C)n1. The predicted molar refractivity (Wildman–Crippen MR) is 72.9 cm³/mol. The van der Waals surface area contributed by atoms with E-state index in [2.05, 4.69) is 28.0 Å². The van der Waals surface area contributed by atoms with E-state index < -0.39 is 5.82 Å². The van der Waals surface area contributed by atoms with Crippen molar-refractivity contribution in [2.45, 2.75) is 6.92 Å². The Morgan fingerprint density at radius 2 is 2.26 bits per heavy atom. The van der Waals surface area contributed by atoms with Crippen molar-refractivity contribution in [2.75, 3.05) is 12.4 Å². The van der Waals surface area contributed by atoms with E-state index in [4.69, 9.17) is 10.1 Å². The molecule has 0 unspecified atom stereocenters. The number of thiol groups is 1. The van der Waals surface area contributed by atoms with E-state index in [1.54, 1.807) is 6.92 Å². The van der Waals surface area contributed by atoms with E-state index in [-0.39, 0.29) is 10.9 Å². The monoisotopic (exact) mass is 281 g/mol. The molecule has 0 bridgehead atoms. The van der Waals surface area contributed by atoms with Crippen LogP contribution in [0.2, 0.25) is 0 Å². The Labute approximate surface area is 114 Å². The zero-order chi connectivity index (χ0) is 14.0. The van der Waals surface area contributed by atoms with Crippen molar-refractivity contribution in [3.63, 3.8) is 0 Å². The zero-order valence-corrected chi connectivity index (χ0v) is 11.2. The first-order valence-electron chi connectivity index (χ1n) is 5.32. The second-order valence-corrected chi connectivity index (χ2v) is 4.16. The van der Waals surface area contributed by atoms with Crippen LogP contribution in [0.1, 0.15) is 5.82 Å². The molecule has 0 aliphatic rings. The molecule has 2 aromatic rings. The van der Waals surface area contributed by atoms with Crippen LogP contribution in [0.15, 0.2) is 18.5 Å². The molecule has 0 aliphatic heterocycles. The average Bonchev–Trinajstić information content (AvgIpc) is 2.77. The summed E-state index contributed by atoms with van der Waals surface area (Å²) in [6.07, 6.45) is 1.47. The second-order valence-electron chi connectivity index (χ2n) is 3.71. The number of anilines is 1. The van der Waals surface area contributed by atoms with Crippen LogP contribution in [0.5, 0.6) is 5.75 Å². The topological polar surface area (TPSA) is 75.8 Å². The Morgan fingerprint density at radius 3 is 2.79 bits per heavy atom. The number of rotatable bonds is 3. The van der Waals surface area contributed by atoms with Gasteiger partial charge in [0.25, 0.3) is 0 Å². The number of methoxy groups -OCH3 is 1. The number of hydrogen-bond donors (Lipinski definition) is 3. The van der Waals surface area contributed by atoms with Crippen molar-refractivity contribution in [1.82, 2.24) is 14.8 Å². The average molecular weight is 281 g/mol. The molecule has 2 rings (SSSR count). The molecule has 0 fully saturated rings. The molecule has 0 amide bonds. The van der Waals surface area contributed by atoms with Crippen LogP contribution >= 0.6 is 12.6 Å². The zero-order valence-electron chi connectivity index (χ0n) is 10.3. The van der Waals surface area contributed by atoms with Crippen molar-refractivity contribution in [3.05, 3.63) is 30.1 Å². The third-order valence-corrected chi connectivity index (χ3v) is 2.49. The standard InChI is InChI=1S/C11H12FN5OS/c1-6-14-5-17(16-6)9-3-7(12)8(15-11(13)19)4-10(9)18-2/h3-5H,1-2H3,(H3,13,15,19). The molecular formula is C11H12FN5OS.